The van der Waals surface area contributed by atoms with Crippen LogP contribution in [0.25, 0.3) is 16.7 Å². The van der Waals surface area contributed by atoms with Crippen LogP contribution in [0.1, 0.15) is 51.8 Å². The third kappa shape index (κ3) is 7.01. The molecule has 9 heteroatoms. The number of nitrogens with one attached hydrogen (secondary N) is 1. The molecular formula is C32H43N5O4. The summed E-state index contributed by atoms with van der Waals surface area (Å²) in [4.78, 5) is 36.6. The molecule has 2 fully saturated rings. The second-order valence-corrected chi connectivity index (χ2v) is 12.3. The molecule has 0 unspecified atom stereocenters. The molecule has 3 amide bonds. The van der Waals surface area contributed by atoms with Crippen molar-refractivity contribution in [1.82, 2.24) is 14.8 Å². The Kier molecular flexibility index (Phi) is 8.54. The first-order valence-corrected chi connectivity index (χ1v) is 14.8. The van der Waals surface area contributed by atoms with E-state index in [-0.39, 0.29) is 12.1 Å². The largest absolute Gasteiger partial charge is 0.444 e. The number of benzene rings is 1. The van der Waals surface area contributed by atoms with Gasteiger partial charge in [-0.2, -0.15) is 0 Å². The first kappa shape index (κ1) is 28.9. The minimum atomic E-state index is -0.550. The summed E-state index contributed by atoms with van der Waals surface area (Å²) < 4.78 is 11.2. The number of urea groups is 1. The summed E-state index contributed by atoms with van der Waals surface area (Å²) >= 11 is 0. The number of hydrogen-bond donors (Lipinski definition) is 1. The molecule has 0 saturated carbocycles. The van der Waals surface area contributed by atoms with Crippen LogP contribution in [0.15, 0.2) is 36.4 Å². The summed E-state index contributed by atoms with van der Waals surface area (Å²) in [5.74, 6) is 1.47. The van der Waals surface area contributed by atoms with Crippen LogP contribution >= 0.6 is 0 Å². The highest BCUT2D eigenvalue weighted by atomic mass is 16.6. The molecule has 0 spiro atoms. The van der Waals surface area contributed by atoms with Gasteiger partial charge in [-0.25, -0.2) is 14.6 Å². The molecular weight excluding hydrogens is 518 g/mol. The van der Waals surface area contributed by atoms with Crippen LogP contribution in [0.4, 0.5) is 21.1 Å². The van der Waals surface area contributed by atoms with Crippen molar-refractivity contribution in [1.29, 1.82) is 0 Å². The van der Waals surface area contributed by atoms with Gasteiger partial charge in [-0.05, 0) is 86.6 Å². The van der Waals surface area contributed by atoms with E-state index in [1.54, 1.807) is 4.90 Å². The Morgan fingerprint density at radius 1 is 1.10 bits per heavy atom. The topological polar surface area (TPSA) is 87.2 Å². The molecule has 9 nitrogen and oxygen atoms in total. The maximum Gasteiger partial charge on any atom is 0.410 e. The fourth-order valence-corrected chi connectivity index (χ4v) is 5.56. The number of likely N-dealkylation sites (tertiary alicyclic amines) is 1. The van der Waals surface area contributed by atoms with Gasteiger partial charge in [0.1, 0.15) is 11.4 Å². The number of hydrogen-bond acceptors (Lipinski definition) is 6. The lowest BCUT2D eigenvalue weighted by atomic mass is 9.98. The monoisotopic (exact) mass is 561 g/mol. The number of rotatable bonds is 5. The van der Waals surface area contributed by atoms with Crippen LogP contribution in [-0.2, 0) is 9.47 Å². The van der Waals surface area contributed by atoms with Gasteiger partial charge < -0.3 is 29.5 Å². The predicted octanol–water partition coefficient (Wildman–Crippen LogP) is 5.79. The number of ether oxygens (including phenoxy) is 2. The third-order valence-corrected chi connectivity index (χ3v) is 8.00. The fourth-order valence-electron chi connectivity index (χ4n) is 5.56. The van der Waals surface area contributed by atoms with Crippen molar-refractivity contribution in [3.8, 4) is 11.1 Å². The molecule has 0 bridgehead atoms. The molecule has 3 aliphatic rings. The molecule has 5 rings (SSSR count). The Balaban J connectivity index is 1.42. The lowest BCUT2D eigenvalue weighted by Gasteiger charge is -2.29. The Hall–Kier alpha value is -3.59. The fraction of sp³-hybridized carbons (Fsp3) is 0.531. The van der Waals surface area contributed by atoms with Crippen molar-refractivity contribution in [3.63, 3.8) is 0 Å². The maximum atomic E-state index is 13.0. The number of aromatic nitrogens is 1. The first-order valence-electron chi connectivity index (χ1n) is 14.8. The summed E-state index contributed by atoms with van der Waals surface area (Å²) in [7, 11) is 0. The Morgan fingerprint density at radius 3 is 2.59 bits per heavy atom. The van der Waals surface area contributed by atoms with Crippen molar-refractivity contribution in [2.24, 2.45) is 5.92 Å². The summed E-state index contributed by atoms with van der Waals surface area (Å²) in [6, 6.07) is 10.2. The van der Waals surface area contributed by atoms with Crippen molar-refractivity contribution in [3.05, 3.63) is 47.7 Å². The smallest absolute Gasteiger partial charge is 0.410 e. The van der Waals surface area contributed by atoms with E-state index in [0.717, 1.165) is 78.5 Å². The predicted molar refractivity (Wildman–Crippen MR) is 162 cm³/mol. The van der Waals surface area contributed by atoms with Gasteiger partial charge in [0.15, 0.2) is 0 Å². The highest BCUT2D eigenvalue weighted by Crippen LogP contribution is 2.33. The minimum Gasteiger partial charge on any atom is -0.444 e. The molecule has 1 atom stereocenters. The van der Waals surface area contributed by atoms with Crippen LogP contribution in [0.5, 0.6) is 0 Å². The average Bonchev–Trinajstić information content (AvgIpc) is 3.64. The van der Waals surface area contributed by atoms with Gasteiger partial charge in [0.2, 0.25) is 0 Å². The quantitative estimate of drug-likeness (QED) is 0.497. The van der Waals surface area contributed by atoms with E-state index in [2.05, 4.69) is 54.4 Å². The van der Waals surface area contributed by atoms with Gasteiger partial charge in [-0.15, -0.1) is 0 Å². The summed E-state index contributed by atoms with van der Waals surface area (Å²) in [5.41, 5.74) is 5.23. The normalized spacial score (nSPS) is 19.4. The first-order chi connectivity index (χ1) is 19.6. The SMILES string of the molecule is CC[C@@H]1CCN(C(=O)Nc2ccc(C)c(-c3cc(C4=CCN(C(=O)OC(C)(C)C)C4)nc(N4CCOCC4)c3)c2)C1. The molecule has 0 aliphatic carbocycles. The molecule has 41 heavy (non-hydrogen) atoms. The average molecular weight is 562 g/mol. The van der Waals surface area contributed by atoms with E-state index in [9.17, 15) is 9.59 Å². The zero-order valence-electron chi connectivity index (χ0n) is 25.0. The number of aryl methyl sites for hydroxylation is 1. The Bertz CT molecular complexity index is 1310. The molecule has 2 aromatic rings. The van der Waals surface area contributed by atoms with Gasteiger partial charge in [0.25, 0.3) is 0 Å². The van der Waals surface area contributed by atoms with E-state index in [1.807, 2.05) is 31.7 Å². The van der Waals surface area contributed by atoms with Gasteiger partial charge in [0, 0.05) is 38.4 Å². The number of pyridine rings is 1. The lowest BCUT2D eigenvalue weighted by Crippen LogP contribution is -2.37. The standard InChI is InChI=1S/C32H43N5O4/c1-6-23-9-11-36(20-23)30(38)33-26-8-7-22(2)27(19-26)25-17-28(34-29(18-25)35-13-15-40-16-14-35)24-10-12-37(21-24)31(39)41-32(3,4)5/h7-8,10,17-19,23H,6,9,11-16,20-21H2,1-5H3,(H,33,38)/t23-/m1/s1. The highest BCUT2D eigenvalue weighted by molar-refractivity contribution is 5.91. The number of anilines is 2. The third-order valence-electron chi connectivity index (χ3n) is 8.00. The molecule has 1 N–H and O–H groups in total. The summed E-state index contributed by atoms with van der Waals surface area (Å²) in [5, 5.41) is 3.13. The molecule has 0 radical (unpaired) electrons. The van der Waals surface area contributed by atoms with E-state index < -0.39 is 5.60 Å². The van der Waals surface area contributed by atoms with Crippen molar-refractivity contribution >= 4 is 29.2 Å². The van der Waals surface area contributed by atoms with Crippen LogP contribution < -0.4 is 10.2 Å². The zero-order chi connectivity index (χ0) is 29.1. The zero-order valence-corrected chi connectivity index (χ0v) is 25.0. The van der Waals surface area contributed by atoms with Crippen LogP contribution in [0, 0.1) is 12.8 Å². The van der Waals surface area contributed by atoms with E-state index >= 15 is 0 Å². The molecule has 4 heterocycles. The second-order valence-electron chi connectivity index (χ2n) is 12.3. The molecule has 220 valence electrons. The van der Waals surface area contributed by atoms with Crippen molar-refractivity contribution < 1.29 is 19.1 Å². The number of morpholine rings is 1. The Labute approximate surface area is 243 Å². The summed E-state index contributed by atoms with van der Waals surface area (Å²) in [6.45, 7) is 15.3. The van der Waals surface area contributed by atoms with Crippen LogP contribution in [0.3, 0.4) is 0 Å². The van der Waals surface area contributed by atoms with E-state index in [4.69, 9.17) is 14.5 Å². The second kappa shape index (κ2) is 12.1. The van der Waals surface area contributed by atoms with Crippen molar-refractivity contribution in [2.75, 3.05) is 62.7 Å². The van der Waals surface area contributed by atoms with Crippen molar-refractivity contribution in [2.45, 2.75) is 53.1 Å². The Morgan fingerprint density at radius 2 is 1.88 bits per heavy atom. The molecule has 2 saturated heterocycles. The minimum absolute atomic E-state index is 0.0430. The number of nitrogens with zero attached hydrogens (tertiary/aromatic N) is 4. The van der Waals surface area contributed by atoms with E-state index in [0.29, 0.717) is 32.2 Å². The number of amides is 3. The van der Waals surface area contributed by atoms with Crippen LogP contribution in [0.2, 0.25) is 0 Å². The van der Waals surface area contributed by atoms with Gasteiger partial charge in [0.05, 0.1) is 25.5 Å². The molecule has 1 aromatic carbocycles. The van der Waals surface area contributed by atoms with Gasteiger partial charge in [-0.3, -0.25) is 0 Å². The number of carbonyl (C=O) groups excluding carboxylic acids is 2. The van der Waals surface area contributed by atoms with Gasteiger partial charge >= 0.3 is 12.1 Å². The van der Waals surface area contributed by atoms with E-state index in [1.165, 1.54) is 0 Å². The number of carbonyl (C=O) groups is 2. The highest BCUT2D eigenvalue weighted by Gasteiger charge is 2.28. The summed E-state index contributed by atoms with van der Waals surface area (Å²) in [6.07, 6.45) is 3.90. The molecule has 1 aromatic heterocycles. The van der Waals surface area contributed by atoms with Crippen LogP contribution in [-0.4, -0.2) is 85.0 Å². The van der Waals surface area contributed by atoms with Gasteiger partial charge in [-0.1, -0.05) is 25.5 Å². The molecule has 3 aliphatic heterocycles. The maximum absolute atomic E-state index is 13.0. The lowest BCUT2D eigenvalue weighted by molar-refractivity contribution is 0.0306.